The molecule has 2 N–H and O–H groups in total. The zero-order valence-corrected chi connectivity index (χ0v) is 17.8. The SMILES string of the molecule is C=CCCCC(=O)OCC(C)(C)NC(=O)C(CC=C)CC(=O)N1CCCC1CO. The van der Waals surface area contributed by atoms with Crippen molar-refractivity contribution in [1.82, 2.24) is 10.2 Å². The van der Waals surface area contributed by atoms with E-state index in [9.17, 15) is 19.5 Å². The van der Waals surface area contributed by atoms with Gasteiger partial charge in [-0.05, 0) is 46.0 Å². The fourth-order valence-corrected chi connectivity index (χ4v) is 3.36. The second kappa shape index (κ2) is 12.4. The van der Waals surface area contributed by atoms with E-state index in [-0.39, 0.29) is 43.5 Å². The van der Waals surface area contributed by atoms with E-state index in [1.807, 2.05) is 0 Å². The third-order valence-corrected chi connectivity index (χ3v) is 5.00. The maximum atomic E-state index is 12.8. The molecular formula is C22H36N2O5. The molecule has 0 bridgehead atoms. The summed E-state index contributed by atoms with van der Waals surface area (Å²) in [5.41, 5.74) is -0.755. The molecule has 7 heteroatoms. The zero-order valence-electron chi connectivity index (χ0n) is 17.8. The third-order valence-electron chi connectivity index (χ3n) is 5.00. The first-order valence-corrected chi connectivity index (χ1v) is 10.3. The minimum absolute atomic E-state index is 0.0547. The summed E-state index contributed by atoms with van der Waals surface area (Å²) in [4.78, 5) is 38.9. The van der Waals surface area contributed by atoms with E-state index in [1.165, 1.54) is 0 Å². The topological polar surface area (TPSA) is 95.9 Å². The molecule has 1 aliphatic heterocycles. The van der Waals surface area contributed by atoms with Crippen LogP contribution in [0.15, 0.2) is 25.3 Å². The lowest BCUT2D eigenvalue weighted by molar-refractivity contribution is -0.147. The van der Waals surface area contributed by atoms with Crippen LogP contribution in [0.1, 0.15) is 58.8 Å². The van der Waals surface area contributed by atoms with Crippen LogP contribution in [-0.2, 0) is 19.1 Å². The fourth-order valence-electron chi connectivity index (χ4n) is 3.36. The lowest BCUT2D eigenvalue weighted by atomic mass is 9.97. The predicted molar refractivity (Wildman–Crippen MR) is 112 cm³/mol. The number of likely N-dealkylation sites (tertiary alicyclic amines) is 1. The van der Waals surface area contributed by atoms with Gasteiger partial charge in [-0.3, -0.25) is 14.4 Å². The standard InChI is InChI=1S/C22H36N2O5/c1-5-7-8-12-20(27)29-16-22(3,4)23-21(28)17(10-6-2)14-19(26)24-13-9-11-18(24)15-25/h5-6,17-18,25H,1-2,7-16H2,3-4H3,(H,23,28). The average Bonchev–Trinajstić information content (AvgIpc) is 3.15. The molecule has 1 fully saturated rings. The largest absolute Gasteiger partial charge is 0.463 e. The molecule has 7 nitrogen and oxygen atoms in total. The summed E-state index contributed by atoms with van der Waals surface area (Å²) in [6.07, 6.45) is 7.20. The van der Waals surface area contributed by atoms with E-state index < -0.39 is 11.5 Å². The van der Waals surface area contributed by atoms with Crippen molar-refractivity contribution in [2.75, 3.05) is 19.8 Å². The first kappa shape index (κ1) is 24.9. The van der Waals surface area contributed by atoms with E-state index >= 15 is 0 Å². The number of nitrogens with zero attached hydrogens (tertiary/aromatic N) is 1. The van der Waals surface area contributed by atoms with Crippen molar-refractivity contribution in [3.63, 3.8) is 0 Å². The summed E-state index contributed by atoms with van der Waals surface area (Å²) in [6.45, 7) is 11.5. The molecule has 29 heavy (non-hydrogen) atoms. The van der Waals surface area contributed by atoms with E-state index in [4.69, 9.17) is 4.74 Å². The van der Waals surface area contributed by atoms with Crippen LogP contribution in [0.2, 0.25) is 0 Å². The van der Waals surface area contributed by atoms with E-state index in [0.29, 0.717) is 25.8 Å². The van der Waals surface area contributed by atoms with Gasteiger partial charge in [0.25, 0.3) is 0 Å². The van der Waals surface area contributed by atoms with Gasteiger partial charge in [0.15, 0.2) is 0 Å². The maximum absolute atomic E-state index is 12.8. The molecule has 1 heterocycles. The Morgan fingerprint density at radius 2 is 2.03 bits per heavy atom. The van der Waals surface area contributed by atoms with Crippen molar-refractivity contribution in [3.05, 3.63) is 25.3 Å². The Bertz CT molecular complexity index is 588. The number of amides is 2. The quantitative estimate of drug-likeness (QED) is 0.277. The second-order valence-corrected chi connectivity index (χ2v) is 8.21. The monoisotopic (exact) mass is 408 g/mol. The van der Waals surface area contributed by atoms with Gasteiger partial charge in [-0.1, -0.05) is 12.2 Å². The van der Waals surface area contributed by atoms with Crippen LogP contribution in [0.25, 0.3) is 0 Å². The van der Waals surface area contributed by atoms with E-state index in [1.54, 1.807) is 30.9 Å². The number of carbonyl (C=O) groups excluding carboxylic acids is 3. The van der Waals surface area contributed by atoms with Gasteiger partial charge in [0.2, 0.25) is 11.8 Å². The number of nitrogens with one attached hydrogen (secondary N) is 1. The highest BCUT2D eigenvalue weighted by molar-refractivity contribution is 5.86. The molecule has 0 aliphatic carbocycles. The van der Waals surface area contributed by atoms with E-state index in [0.717, 1.165) is 19.3 Å². The van der Waals surface area contributed by atoms with Crippen LogP contribution in [0.5, 0.6) is 0 Å². The number of esters is 1. The molecule has 0 aromatic carbocycles. The molecule has 2 atom stereocenters. The van der Waals surface area contributed by atoms with Gasteiger partial charge < -0.3 is 20.1 Å². The Morgan fingerprint density at radius 1 is 1.31 bits per heavy atom. The van der Waals surface area contributed by atoms with Gasteiger partial charge in [-0.2, -0.15) is 0 Å². The summed E-state index contributed by atoms with van der Waals surface area (Å²) in [7, 11) is 0. The van der Waals surface area contributed by atoms with E-state index in [2.05, 4.69) is 18.5 Å². The zero-order chi connectivity index (χ0) is 21.9. The third kappa shape index (κ3) is 8.81. The van der Waals surface area contributed by atoms with Crippen molar-refractivity contribution in [3.8, 4) is 0 Å². The number of hydrogen-bond donors (Lipinski definition) is 2. The molecule has 2 amide bonds. The van der Waals surface area contributed by atoms with Crippen molar-refractivity contribution >= 4 is 17.8 Å². The number of unbranched alkanes of at least 4 members (excludes halogenated alkanes) is 1. The summed E-state index contributed by atoms with van der Waals surface area (Å²) in [5.74, 6) is -1.26. The molecular weight excluding hydrogens is 372 g/mol. The number of carbonyl (C=O) groups is 3. The second-order valence-electron chi connectivity index (χ2n) is 8.21. The number of hydrogen-bond acceptors (Lipinski definition) is 5. The first-order chi connectivity index (χ1) is 13.7. The maximum Gasteiger partial charge on any atom is 0.305 e. The Labute approximate surface area is 174 Å². The summed E-state index contributed by atoms with van der Waals surface area (Å²) in [5, 5.41) is 12.3. The smallest absolute Gasteiger partial charge is 0.305 e. The number of ether oxygens (including phenoxy) is 1. The summed E-state index contributed by atoms with van der Waals surface area (Å²) < 4.78 is 5.27. The lowest BCUT2D eigenvalue weighted by Gasteiger charge is -2.29. The lowest BCUT2D eigenvalue weighted by Crippen LogP contribution is -2.50. The molecule has 0 saturated carbocycles. The van der Waals surface area contributed by atoms with Crippen molar-refractivity contribution in [2.45, 2.75) is 70.4 Å². The molecule has 164 valence electrons. The molecule has 1 aliphatic rings. The Kier molecular flexibility index (Phi) is 10.7. The van der Waals surface area contributed by atoms with Crippen LogP contribution in [0.4, 0.5) is 0 Å². The highest BCUT2D eigenvalue weighted by Crippen LogP contribution is 2.21. The van der Waals surface area contributed by atoms with Gasteiger partial charge in [0, 0.05) is 19.4 Å². The van der Waals surface area contributed by atoms with Gasteiger partial charge in [-0.15, -0.1) is 13.2 Å². The van der Waals surface area contributed by atoms with Gasteiger partial charge in [0.1, 0.15) is 6.61 Å². The van der Waals surface area contributed by atoms with Crippen LogP contribution >= 0.6 is 0 Å². The highest BCUT2D eigenvalue weighted by Gasteiger charge is 2.32. The Hall–Kier alpha value is -2.15. The minimum atomic E-state index is -0.755. The van der Waals surface area contributed by atoms with Crippen LogP contribution in [0, 0.1) is 5.92 Å². The van der Waals surface area contributed by atoms with Crippen molar-refractivity contribution < 1.29 is 24.2 Å². The van der Waals surface area contributed by atoms with Gasteiger partial charge >= 0.3 is 5.97 Å². The first-order valence-electron chi connectivity index (χ1n) is 10.3. The number of aliphatic hydroxyl groups excluding tert-OH is 1. The molecule has 0 radical (unpaired) electrons. The molecule has 0 aromatic heterocycles. The van der Waals surface area contributed by atoms with Crippen LogP contribution < -0.4 is 5.32 Å². The molecule has 0 spiro atoms. The summed E-state index contributed by atoms with van der Waals surface area (Å²) >= 11 is 0. The van der Waals surface area contributed by atoms with Gasteiger partial charge in [-0.25, -0.2) is 0 Å². The molecule has 1 saturated heterocycles. The molecule has 2 unspecified atom stereocenters. The number of allylic oxidation sites excluding steroid dienone is 2. The highest BCUT2D eigenvalue weighted by atomic mass is 16.5. The van der Waals surface area contributed by atoms with Crippen LogP contribution in [-0.4, -0.2) is 59.1 Å². The molecule has 1 rings (SSSR count). The summed E-state index contributed by atoms with van der Waals surface area (Å²) in [6, 6.07) is -0.160. The number of aliphatic hydroxyl groups is 1. The average molecular weight is 409 g/mol. The molecule has 0 aromatic rings. The number of rotatable bonds is 13. The Morgan fingerprint density at radius 3 is 2.66 bits per heavy atom. The predicted octanol–water partition coefficient (Wildman–Crippen LogP) is 2.35. The Balaban J connectivity index is 2.59. The fraction of sp³-hybridized carbons (Fsp3) is 0.682. The minimum Gasteiger partial charge on any atom is -0.463 e. The van der Waals surface area contributed by atoms with Gasteiger partial charge in [0.05, 0.1) is 24.1 Å². The normalized spacial score (nSPS) is 17.5. The van der Waals surface area contributed by atoms with Crippen LogP contribution in [0.3, 0.4) is 0 Å². The van der Waals surface area contributed by atoms with Crippen molar-refractivity contribution in [1.29, 1.82) is 0 Å². The van der Waals surface area contributed by atoms with Crippen molar-refractivity contribution in [2.24, 2.45) is 5.92 Å².